The number of nitro benzene ring substituents is 1. The number of hydrogen-bond acceptors (Lipinski definition) is 6. The predicted molar refractivity (Wildman–Crippen MR) is 179 cm³/mol. The van der Waals surface area contributed by atoms with Gasteiger partial charge >= 0.3 is 5.97 Å². The van der Waals surface area contributed by atoms with E-state index in [1.54, 1.807) is 31.9 Å². The topological polar surface area (TPSA) is 108 Å². The van der Waals surface area contributed by atoms with Crippen molar-refractivity contribution >= 4 is 17.6 Å². The Hall–Kier alpha value is -4.93. The molecule has 0 N–H and O–H groups in total. The van der Waals surface area contributed by atoms with Crippen LogP contribution < -0.4 is 0 Å². The Kier molecular flexibility index (Phi) is 11.1. The molecule has 4 rings (SSSR count). The summed E-state index contributed by atoms with van der Waals surface area (Å²) in [4.78, 5) is 44.1. The highest BCUT2D eigenvalue weighted by atomic mass is 19.1. The third-order valence-electron chi connectivity index (χ3n) is 7.62. The molecule has 48 heavy (non-hydrogen) atoms. The van der Waals surface area contributed by atoms with E-state index in [1.165, 1.54) is 24.3 Å². The molecule has 11 heteroatoms. The average Bonchev–Trinajstić information content (AvgIpc) is 3.40. The maximum absolute atomic E-state index is 15.1. The highest BCUT2D eigenvalue weighted by molar-refractivity contribution is 5.94. The number of benzene rings is 3. The highest BCUT2D eigenvalue weighted by Crippen LogP contribution is 2.40. The van der Waals surface area contributed by atoms with Gasteiger partial charge in [0.1, 0.15) is 23.1 Å². The van der Waals surface area contributed by atoms with Crippen LogP contribution in [0.4, 0.5) is 14.5 Å². The number of nitrogens with zero attached hydrogens (tertiary/aromatic N) is 4. The molecule has 1 atom stereocenters. The van der Waals surface area contributed by atoms with Gasteiger partial charge in [0, 0.05) is 49.0 Å². The summed E-state index contributed by atoms with van der Waals surface area (Å²) in [5, 5.41) is 11.3. The molecule has 0 aliphatic heterocycles. The Morgan fingerprint density at radius 3 is 2.23 bits per heavy atom. The van der Waals surface area contributed by atoms with E-state index in [-0.39, 0.29) is 41.4 Å². The second kappa shape index (κ2) is 14.9. The summed E-state index contributed by atoms with van der Waals surface area (Å²) in [6, 6.07) is 17.4. The van der Waals surface area contributed by atoms with Gasteiger partial charge in [0.15, 0.2) is 0 Å². The van der Waals surface area contributed by atoms with E-state index < -0.39 is 39.5 Å². The number of amides is 1. The SMILES string of the molecule is CC(C)(C)OC(=O)CCCCN(C(=O)c1ccc([N+](=O)[O-])cc1)[C@@H](c1nc(-c2cc(F)ccc2F)cn1Cc1ccccc1)C(C)(C)C. The molecule has 1 amide bonds. The van der Waals surface area contributed by atoms with Gasteiger partial charge in [0.2, 0.25) is 0 Å². The molecule has 3 aromatic carbocycles. The second-order valence-corrected chi connectivity index (χ2v) is 13.8. The number of aromatic nitrogens is 2. The van der Waals surface area contributed by atoms with Crippen LogP contribution in [0.15, 0.2) is 79.0 Å². The van der Waals surface area contributed by atoms with Gasteiger partial charge in [0.05, 0.1) is 16.7 Å². The van der Waals surface area contributed by atoms with Crippen LogP contribution in [-0.4, -0.2) is 43.4 Å². The third-order valence-corrected chi connectivity index (χ3v) is 7.62. The van der Waals surface area contributed by atoms with Crippen LogP contribution in [0, 0.1) is 27.2 Å². The van der Waals surface area contributed by atoms with Crippen molar-refractivity contribution in [3.05, 3.63) is 118 Å². The molecule has 0 unspecified atom stereocenters. The summed E-state index contributed by atoms with van der Waals surface area (Å²) >= 11 is 0. The monoisotopic (exact) mass is 660 g/mol. The smallest absolute Gasteiger partial charge is 0.306 e. The van der Waals surface area contributed by atoms with Gasteiger partial charge in [-0.2, -0.15) is 0 Å². The Morgan fingerprint density at radius 2 is 1.62 bits per heavy atom. The summed E-state index contributed by atoms with van der Waals surface area (Å²) in [6.07, 6.45) is 2.70. The number of non-ortho nitro benzene ring substituents is 1. The normalized spacial score (nSPS) is 12.4. The fraction of sp³-hybridized carbons (Fsp3) is 0.378. The largest absolute Gasteiger partial charge is 0.460 e. The van der Waals surface area contributed by atoms with Crippen molar-refractivity contribution < 1.29 is 28.0 Å². The summed E-state index contributed by atoms with van der Waals surface area (Å²) < 4.78 is 36.7. The van der Waals surface area contributed by atoms with Crippen LogP contribution in [-0.2, 0) is 16.1 Å². The van der Waals surface area contributed by atoms with E-state index in [0.29, 0.717) is 25.2 Å². The van der Waals surface area contributed by atoms with E-state index >= 15 is 4.39 Å². The second-order valence-electron chi connectivity index (χ2n) is 13.8. The average molecular weight is 661 g/mol. The fourth-order valence-electron chi connectivity index (χ4n) is 5.56. The Bertz CT molecular complexity index is 1740. The number of unbranched alkanes of at least 4 members (excludes halogenated alkanes) is 1. The lowest BCUT2D eigenvalue weighted by molar-refractivity contribution is -0.384. The lowest BCUT2D eigenvalue weighted by Gasteiger charge is -2.40. The van der Waals surface area contributed by atoms with Crippen LogP contribution in [0.1, 0.15) is 88.6 Å². The first-order chi connectivity index (χ1) is 22.5. The van der Waals surface area contributed by atoms with Crippen LogP contribution in [0.3, 0.4) is 0 Å². The van der Waals surface area contributed by atoms with E-state index in [0.717, 1.165) is 23.8 Å². The minimum Gasteiger partial charge on any atom is -0.460 e. The van der Waals surface area contributed by atoms with Gasteiger partial charge in [-0.15, -0.1) is 0 Å². The molecule has 254 valence electrons. The van der Waals surface area contributed by atoms with Crippen LogP contribution >= 0.6 is 0 Å². The fourth-order valence-corrected chi connectivity index (χ4v) is 5.56. The number of halogens is 2. The number of carbonyl (C=O) groups is 2. The number of ether oxygens (including phenoxy) is 1. The Morgan fingerprint density at radius 1 is 0.958 bits per heavy atom. The van der Waals surface area contributed by atoms with Crippen LogP contribution in [0.25, 0.3) is 11.3 Å². The van der Waals surface area contributed by atoms with Crippen molar-refractivity contribution in [2.75, 3.05) is 6.54 Å². The zero-order valence-electron chi connectivity index (χ0n) is 28.2. The maximum Gasteiger partial charge on any atom is 0.306 e. The van der Waals surface area contributed by atoms with E-state index in [2.05, 4.69) is 0 Å². The predicted octanol–water partition coefficient (Wildman–Crippen LogP) is 8.53. The quantitative estimate of drug-likeness (QED) is 0.0653. The van der Waals surface area contributed by atoms with Gasteiger partial charge in [-0.25, -0.2) is 13.8 Å². The highest BCUT2D eigenvalue weighted by Gasteiger charge is 2.39. The molecular weight excluding hydrogens is 618 g/mol. The lowest BCUT2D eigenvalue weighted by atomic mass is 9.84. The molecule has 4 aromatic rings. The van der Waals surface area contributed by atoms with Gasteiger partial charge in [0.25, 0.3) is 11.6 Å². The first-order valence-electron chi connectivity index (χ1n) is 15.9. The van der Waals surface area contributed by atoms with E-state index in [4.69, 9.17) is 9.72 Å². The molecule has 0 aliphatic rings. The molecule has 0 saturated heterocycles. The van der Waals surface area contributed by atoms with Crippen molar-refractivity contribution in [2.24, 2.45) is 5.41 Å². The van der Waals surface area contributed by atoms with Gasteiger partial charge in [-0.1, -0.05) is 51.1 Å². The van der Waals surface area contributed by atoms with Crippen molar-refractivity contribution in [2.45, 2.75) is 79.0 Å². The van der Waals surface area contributed by atoms with Gasteiger partial charge < -0.3 is 14.2 Å². The molecule has 0 radical (unpaired) electrons. The number of hydrogen-bond donors (Lipinski definition) is 0. The molecule has 9 nitrogen and oxygen atoms in total. The number of imidazole rings is 1. The van der Waals surface area contributed by atoms with E-state index in [1.807, 2.05) is 55.7 Å². The lowest BCUT2D eigenvalue weighted by Crippen LogP contribution is -2.43. The number of esters is 1. The number of nitro groups is 1. The zero-order valence-corrected chi connectivity index (χ0v) is 28.2. The van der Waals surface area contributed by atoms with Crippen molar-refractivity contribution in [3.8, 4) is 11.3 Å². The Balaban J connectivity index is 1.81. The van der Waals surface area contributed by atoms with Crippen molar-refractivity contribution in [1.29, 1.82) is 0 Å². The standard InChI is InChI=1S/C37H42F2N4O5/c1-36(2,3)33(34-40-31(29-22-27(38)17-20-30(29)39)24-41(34)23-25-12-8-7-9-13-25)42(21-11-10-14-32(44)48-37(4,5)6)35(45)26-15-18-28(19-16-26)43(46)47/h7-9,12-13,15-20,22,24,33H,10-11,14,21,23H2,1-6H3/t33-/m0/s1. The minimum atomic E-state index is -0.698. The molecule has 0 saturated carbocycles. The Labute approximate surface area is 279 Å². The molecule has 1 aromatic heterocycles. The molecule has 0 aliphatic carbocycles. The summed E-state index contributed by atoms with van der Waals surface area (Å²) in [7, 11) is 0. The van der Waals surface area contributed by atoms with Crippen LogP contribution in [0.5, 0.6) is 0 Å². The summed E-state index contributed by atoms with van der Waals surface area (Å²) in [5.74, 6) is -1.54. The first-order valence-corrected chi connectivity index (χ1v) is 15.9. The van der Waals surface area contributed by atoms with E-state index in [9.17, 15) is 24.1 Å². The van der Waals surface area contributed by atoms with Gasteiger partial charge in [-0.05, 0) is 74.9 Å². The zero-order chi connectivity index (χ0) is 35.2. The maximum atomic E-state index is 15.1. The first kappa shape index (κ1) is 35.9. The molecule has 0 fully saturated rings. The molecule has 0 spiro atoms. The number of carbonyl (C=O) groups excluding carboxylic acids is 2. The molecular formula is C37H42F2N4O5. The summed E-state index contributed by atoms with van der Waals surface area (Å²) in [6.45, 7) is 11.8. The number of rotatable bonds is 12. The van der Waals surface area contributed by atoms with Crippen LogP contribution in [0.2, 0.25) is 0 Å². The molecule has 1 heterocycles. The van der Waals surface area contributed by atoms with Gasteiger partial charge in [-0.3, -0.25) is 19.7 Å². The summed E-state index contributed by atoms with van der Waals surface area (Å²) in [5.41, 5.74) is -0.0513. The van der Waals surface area contributed by atoms with Crippen molar-refractivity contribution in [1.82, 2.24) is 14.5 Å². The minimum absolute atomic E-state index is 0.0127. The van der Waals surface area contributed by atoms with Crippen molar-refractivity contribution in [3.63, 3.8) is 0 Å². The molecule has 0 bridgehead atoms. The third kappa shape index (κ3) is 9.33.